The van der Waals surface area contributed by atoms with E-state index in [2.05, 4.69) is 15.8 Å². The van der Waals surface area contributed by atoms with Crippen molar-refractivity contribution in [3.05, 3.63) is 65.1 Å². The molecule has 0 aliphatic rings. The molecular formula is C19H20N4O2S. The molecule has 1 aromatic heterocycles. The summed E-state index contributed by atoms with van der Waals surface area (Å²) in [5.41, 5.74) is 3.11. The van der Waals surface area contributed by atoms with Crippen LogP contribution in [0.15, 0.2) is 68.8 Å². The molecule has 2 aromatic rings. The maximum atomic E-state index is 12.4. The van der Waals surface area contributed by atoms with Gasteiger partial charge in [0.15, 0.2) is 0 Å². The van der Waals surface area contributed by atoms with Crippen molar-refractivity contribution in [2.24, 2.45) is 5.10 Å². The predicted molar refractivity (Wildman–Crippen MR) is 104 cm³/mol. The Morgan fingerprint density at radius 3 is 2.54 bits per heavy atom. The largest absolute Gasteiger partial charge is 0.463 e. The highest BCUT2D eigenvalue weighted by Crippen LogP contribution is 2.33. The number of carbonyl (C=O) groups excluding carboxylic acids is 1. The zero-order valence-corrected chi connectivity index (χ0v) is 15.6. The number of nitriles is 1. The number of hydrazone groups is 1. The summed E-state index contributed by atoms with van der Waals surface area (Å²) in [6, 6.07) is 14.8. The first-order valence-electron chi connectivity index (χ1n) is 7.91. The molecule has 0 saturated carbocycles. The van der Waals surface area contributed by atoms with E-state index in [0.717, 1.165) is 5.69 Å². The summed E-state index contributed by atoms with van der Waals surface area (Å²) in [4.78, 5) is 12.4. The van der Waals surface area contributed by atoms with Gasteiger partial charge in [-0.2, -0.15) is 10.4 Å². The minimum atomic E-state index is -0.592. The van der Waals surface area contributed by atoms with Crippen LogP contribution in [0.5, 0.6) is 0 Å². The molecule has 0 unspecified atom stereocenters. The van der Waals surface area contributed by atoms with Gasteiger partial charge in [-0.3, -0.25) is 4.79 Å². The van der Waals surface area contributed by atoms with Crippen molar-refractivity contribution in [3.63, 3.8) is 0 Å². The van der Waals surface area contributed by atoms with Crippen molar-refractivity contribution in [1.29, 1.82) is 5.26 Å². The maximum Gasteiger partial charge on any atom is 0.284 e. The number of anilines is 1. The Morgan fingerprint density at radius 1 is 1.23 bits per heavy atom. The molecule has 1 heterocycles. The Balaban J connectivity index is 2.24. The first-order valence-corrected chi connectivity index (χ1v) is 8.73. The molecule has 134 valence electrons. The van der Waals surface area contributed by atoms with Crippen LogP contribution in [0.1, 0.15) is 26.5 Å². The van der Waals surface area contributed by atoms with Gasteiger partial charge in [-0.15, -0.1) is 11.8 Å². The van der Waals surface area contributed by atoms with Crippen LogP contribution >= 0.6 is 11.8 Å². The number of rotatable bonds is 6. The van der Waals surface area contributed by atoms with Crippen LogP contribution in [0, 0.1) is 11.3 Å². The van der Waals surface area contributed by atoms with Gasteiger partial charge < -0.3 is 9.73 Å². The standard InChI is InChI=1S/C19H20N4O2S/c1-19(2,3)26-18(22-14-8-5-4-6-9-14)16(12-20)17(24)23-21-13-15-10-7-11-25-15/h4-11,13,22H,1-3H3,(H,23,24)/b18-16+,21-13-. The predicted octanol–water partition coefficient (Wildman–Crippen LogP) is 4.11. The van der Waals surface area contributed by atoms with Crippen LogP contribution in [-0.2, 0) is 4.79 Å². The zero-order chi connectivity index (χ0) is 19.0. The quantitative estimate of drug-likeness (QED) is 0.347. The average Bonchev–Trinajstić information content (AvgIpc) is 3.08. The summed E-state index contributed by atoms with van der Waals surface area (Å²) in [7, 11) is 0. The number of thioether (sulfide) groups is 1. The maximum absolute atomic E-state index is 12.4. The lowest BCUT2D eigenvalue weighted by Crippen LogP contribution is -2.23. The van der Waals surface area contributed by atoms with Gasteiger partial charge in [-0.05, 0) is 24.3 Å². The number of carbonyl (C=O) groups is 1. The fraction of sp³-hybridized carbons (Fsp3) is 0.211. The van der Waals surface area contributed by atoms with Gasteiger partial charge in [0.25, 0.3) is 5.91 Å². The number of furan rings is 1. The molecule has 2 N–H and O–H groups in total. The van der Waals surface area contributed by atoms with E-state index in [9.17, 15) is 10.1 Å². The summed E-state index contributed by atoms with van der Waals surface area (Å²) >= 11 is 1.40. The molecule has 1 aromatic carbocycles. The molecule has 0 spiro atoms. The van der Waals surface area contributed by atoms with E-state index in [-0.39, 0.29) is 10.3 Å². The molecule has 1 amide bonds. The van der Waals surface area contributed by atoms with Gasteiger partial charge in [-0.25, -0.2) is 5.43 Å². The fourth-order valence-electron chi connectivity index (χ4n) is 1.88. The van der Waals surface area contributed by atoms with Gasteiger partial charge in [0.1, 0.15) is 17.4 Å². The third kappa shape index (κ3) is 6.15. The van der Waals surface area contributed by atoms with Gasteiger partial charge >= 0.3 is 0 Å². The Morgan fingerprint density at radius 2 is 1.96 bits per heavy atom. The van der Waals surface area contributed by atoms with E-state index in [4.69, 9.17) is 4.42 Å². The molecule has 0 radical (unpaired) electrons. The second-order valence-electron chi connectivity index (χ2n) is 6.24. The van der Waals surface area contributed by atoms with Gasteiger partial charge in [0.2, 0.25) is 0 Å². The summed E-state index contributed by atoms with van der Waals surface area (Å²) < 4.78 is 4.90. The minimum absolute atomic E-state index is 0.0367. The molecule has 26 heavy (non-hydrogen) atoms. The van der Waals surface area contributed by atoms with Crippen molar-refractivity contribution in [2.45, 2.75) is 25.5 Å². The molecule has 0 atom stereocenters. The summed E-state index contributed by atoms with van der Waals surface area (Å²) in [6.45, 7) is 6.02. The summed E-state index contributed by atoms with van der Waals surface area (Å²) in [5.74, 6) is -0.0926. The number of amides is 1. The van der Waals surface area contributed by atoms with E-state index in [0.29, 0.717) is 10.8 Å². The fourth-order valence-corrected chi connectivity index (χ4v) is 2.90. The second kappa shape index (κ2) is 8.92. The van der Waals surface area contributed by atoms with Crippen LogP contribution in [0.3, 0.4) is 0 Å². The molecule has 0 fully saturated rings. The first-order chi connectivity index (χ1) is 12.4. The molecule has 2 rings (SSSR count). The topological polar surface area (TPSA) is 90.4 Å². The molecule has 0 saturated heterocycles. The van der Waals surface area contributed by atoms with Crippen LogP contribution in [-0.4, -0.2) is 16.9 Å². The highest BCUT2D eigenvalue weighted by Gasteiger charge is 2.22. The third-order valence-corrected chi connectivity index (χ3v) is 4.03. The van der Waals surface area contributed by atoms with E-state index >= 15 is 0 Å². The molecule has 0 aliphatic heterocycles. The van der Waals surface area contributed by atoms with E-state index < -0.39 is 5.91 Å². The molecule has 0 bridgehead atoms. The van der Waals surface area contributed by atoms with Crippen molar-refractivity contribution in [1.82, 2.24) is 5.43 Å². The zero-order valence-electron chi connectivity index (χ0n) is 14.8. The summed E-state index contributed by atoms with van der Waals surface area (Å²) in [6.07, 6.45) is 2.87. The monoisotopic (exact) mass is 368 g/mol. The number of benzene rings is 1. The normalized spacial score (nSPS) is 12.4. The smallest absolute Gasteiger partial charge is 0.284 e. The number of para-hydroxylation sites is 1. The van der Waals surface area contributed by atoms with E-state index in [1.807, 2.05) is 57.2 Å². The Labute approximate surface area is 157 Å². The lowest BCUT2D eigenvalue weighted by atomic mass is 10.2. The molecule has 0 aliphatic carbocycles. The van der Waals surface area contributed by atoms with Crippen LogP contribution in [0.25, 0.3) is 0 Å². The second-order valence-corrected chi connectivity index (χ2v) is 8.07. The molecular weight excluding hydrogens is 348 g/mol. The Bertz CT molecular complexity index is 829. The van der Waals surface area contributed by atoms with Crippen molar-refractivity contribution in [2.75, 3.05) is 5.32 Å². The van der Waals surface area contributed by atoms with Gasteiger partial charge in [-0.1, -0.05) is 39.0 Å². The number of hydrogen-bond acceptors (Lipinski definition) is 6. The van der Waals surface area contributed by atoms with Crippen molar-refractivity contribution in [3.8, 4) is 6.07 Å². The molecule has 7 heteroatoms. The van der Waals surface area contributed by atoms with Gasteiger partial charge in [0, 0.05) is 10.4 Å². The lowest BCUT2D eigenvalue weighted by Gasteiger charge is -2.21. The number of hydrogen-bond donors (Lipinski definition) is 2. The first kappa shape index (κ1) is 19.3. The van der Waals surface area contributed by atoms with Crippen LogP contribution < -0.4 is 10.7 Å². The lowest BCUT2D eigenvalue weighted by molar-refractivity contribution is -0.117. The van der Waals surface area contributed by atoms with Crippen molar-refractivity contribution >= 4 is 29.6 Å². The highest BCUT2D eigenvalue weighted by molar-refractivity contribution is 8.04. The van der Waals surface area contributed by atoms with E-state index in [1.54, 1.807) is 12.1 Å². The SMILES string of the molecule is CC(C)(C)S/C(Nc1ccccc1)=C(\C#N)C(=O)N/N=C\c1ccco1. The number of nitrogens with one attached hydrogen (secondary N) is 2. The third-order valence-electron chi connectivity index (χ3n) is 2.91. The van der Waals surface area contributed by atoms with Crippen LogP contribution in [0.2, 0.25) is 0 Å². The number of nitrogens with zero attached hydrogens (tertiary/aromatic N) is 2. The Hall–Kier alpha value is -2.98. The van der Waals surface area contributed by atoms with Gasteiger partial charge in [0.05, 0.1) is 17.5 Å². The Kier molecular flexibility index (Phi) is 6.64. The average molecular weight is 368 g/mol. The van der Waals surface area contributed by atoms with Crippen molar-refractivity contribution < 1.29 is 9.21 Å². The van der Waals surface area contributed by atoms with E-state index in [1.165, 1.54) is 24.2 Å². The molecule has 6 nitrogen and oxygen atoms in total. The van der Waals surface area contributed by atoms with Crippen LogP contribution in [0.4, 0.5) is 5.69 Å². The minimum Gasteiger partial charge on any atom is -0.463 e. The summed E-state index contributed by atoms with van der Waals surface area (Å²) in [5, 5.41) is 17.0. The highest BCUT2D eigenvalue weighted by atomic mass is 32.2.